The molecule has 0 saturated carbocycles. The highest BCUT2D eigenvalue weighted by Gasteiger charge is 2.52. The predicted octanol–water partition coefficient (Wildman–Crippen LogP) is 2.24. The van der Waals surface area contributed by atoms with Gasteiger partial charge in [0.1, 0.15) is 18.7 Å². The number of Topliss-reactive ketones (excluding diaryl/α,β-unsaturated/α-hetero) is 1. The van der Waals surface area contributed by atoms with E-state index < -0.39 is 23.4 Å². The van der Waals surface area contributed by atoms with Crippen molar-refractivity contribution in [3.05, 3.63) is 29.8 Å². The number of rotatable bonds is 5. The summed E-state index contributed by atoms with van der Waals surface area (Å²) in [5.41, 5.74) is 0.407. The van der Waals surface area contributed by atoms with Crippen molar-refractivity contribution in [1.29, 1.82) is 0 Å². The second kappa shape index (κ2) is 9.02. The fourth-order valence-electron chi connectivity index (χ4n) is 4.14. The molecule has 0 radical (unpaired) electrons. The molecule has 32 heavy (non-hydrogen) atoms. The molecule has 0 aromatic heterocycles. The van der Waals surface area contributed by atoms with Gasteiger partial charge in [-0.2, -0.15) is 0 Å². The predicted molar refractivity (Wildman–Crippen MR) is 120 cm³/mol. The number of benzene rings is 1. The van der Waals surface area contributed by atoms with Crippen LogP contribution < -0.4 is 10.6 Å². The third kappa shape index (κ3) is 4.85. The molecule has 2 aliphatic rings. The van der Waals surface area contributed by atoms with Crippen LogP contribution in [0.2, 0.25) is 0 Å². The van der Waals surface area contributed by atoms with E-state index in [0.717, 1.165) is 0 Å². The third-order valence-corrected chi connectivity index (χ3v) is 6.05. The van der Waals surface area contributed by atoms with E-state index in [-0.39, 0.29) is 42.1 Å². The van der Waals surface area contributed by atoms with Gasteiger partial charge in [0, 0.05) is 29.6 Å². The third-order valence-electron chi connectivity index (χ3n) is 6.05. The lowest BCUT2D eigenvalue weighted by atomic mass is 9.85. The smallest absolute Gasteiger partial charge is 0.251 e. The van der Waals surface area contributed by atoms with Gasteiger partial charge >= 0.3 is 0 Å². The van der Waals surface area contributed by atoms with Crippen LogP contribution in [-0.4, -0.2) is 59.7 Å². The first kappa shape index (κ1) is 23.9. The van der Waals surface area contributed by atoms with Crippen LogP contribution in [0.5, 0.6) is 0 Å². The lowest BCUT2D eigenvalue weighted by Crippen LogP contribution is -2.57. The number of anilines is 1. The summed E-state index contributed by atoms with van der Waals surface area (Å²) in [4.78, 5) is 52.2. The monoisotopic (exact) mass is 443 g/mol. The maximum atomic E-state index is 13.5. The normalized spacial score (nSPS) is 23.8. The molecule has 174 valence electrons. The van der Waals surface area contributed by atoms with Crippen LogP contribution in [0.4, 0.5) is 5.69 Å². The van der Waals surface area contributed by atoms with Crippen molar-refractivity contribution in [3.63, 3.8) is 0 Å². The maximum Gasteiger partial charge on any atom is 0.251 e. The molecule has 0 spiro atoms. The summed E-state index contributed by atoms with van der Waals surface area (Å²) in [6, 6.07) is 5.14. The van der Waals surface area contributed by atoms with Gasteiger partial charge in [0.2, 0.25) is 11.8 Å². The molecule has 1 aromatic rings. The Balaban J connectivity index is 1.75. The van der Waals surface area contributed by atoms with E-state index in [1.54, 1.807) is 43.0 Å². The van der Waals surface area contributed by atoms with Gasteiger partial charge in [-0.15, -0.1) is 0 Å². The molecule has 2 heterocycles. The number of carbonyl (C=O) groups is 4. The second-order valence-electron chi connectivity index (χ2n) is 10.1. The average Bonchev–Trinajstić information content (AvgIpc) is 3.26. The fraction of sp³-hybridized carbons (Fsp3) is 0.583. The van der Waals surface area contributed by atoms with Crippen LogP contribution >= 0.6 is 0 Å². The Morgan fingerprint density at radius 3 is 2.31 bits per heavy atom. The summed E-state index contributed by atoms with van der Waals surface area (Å²) in [7, 11) is 0. The van der Waals surface area contributed by atoms with Crippen LogP contribution in [0.25, 0.3) is 0 Å². The number of likely N-dealkylation sites (tertiary alicyclic amines) is 1. The van der Waals surface area contributed by atoms with Crippen molar-refractivity contribution < 1.29 is 23.9 Å². The first-order valence-electron chi connectivity index (χ1n) is 11.1. The van der Waals surface area contributed by atoms with E-state index in [4.69, 9.17) is 4.74 Å². The number of nitrogens with one attached hydrogen (secondary N) is 2. The molecule has 0 bridgehead atoms. The molecule has 2 N–H and O–H groups in total. The molecule has 2 fully saturated rings. The summed E-state index contributed by atoms with van der Waals surface area (Å²) >= 11 is 0. The molecule has 2 saturated heterocycles. The van der Waals surface area contributed by atoms with Crippen molar-refractivity contribution in [3.8, 4) is 0 Å². The Bertz CT molecular complexity index is 903. The average molecular weight is 444 g/mol. The zero-order valence-electron chi connectivity index (χ0n) is 19.6. The highest BCUT2D eigenvalue weighted by atomic mass is 16.5. The number of hydrogen-bond acceptors (Lipinski definition) is 5. The molecule has 8 heteroatoms. The molecule has 8 nitrogen and oxygen atoms in total. The van der Waals surface area contributed by atoms with E-state index >= 15 is 0 Å². The van der Waals surface area contributed by atoms with Gasteiger partial charge < -0.3 is 20.3 Å². The maximum absolute atomic E-state index is 13.5. The fourth-order valence-corrected chi connectivity index (χ4v) is 4.14. The quantitative estimate of drug-likeness (QED) is 0.726. The zero-order chi connectivity index (χ0) is 23.8. The SMILES string of the molecule is CC(C)C(=O)Nc1ccc(C(=O)NC(C(=O)N2C[C@H](C)[C@H]3OCC(=O)[C@H]32)C(C)(C)C)cc1. The van der Waals surface area contributed by atoms with Crippen molar-refractivity contribution in [1.82, 2.24) is 10.2 Å². The highest BCUT2D eigenvalue weighted by molar-refractivity contribution is 6.00. The second-order valence-corrected chi connectivity index (χ2v) is 10.1. The summed E-state index contributed by atoms with van der Waals surface area (Å²) in [5.74, 6) is -0.959. The number of hydrogen-bond donors (Lipinski definition) is 2. The minimum atomic E-state index is -0.810. The Morgan fingerprint density at radius 1 is 1.12 bits per heavy atom. The summed E-state index contributed by atoms with van der Waals surface area (Å²) in [5, 5.41) is 5.65. The number of ketones is 1. The van der Waals surface area contributed by atoms with E-state index in [2.05, 4.69) is 10.6 Å². The topological polar surface area (TPSA) is 105 Å². The minimum Gasteiger partial charge on any atom is -0.367 e. The van der Waals surface area contributed by atoms with Crippen LogP contribution in [0.15, 0.2) is 24.3 Å². The van der Waals surface area contributed by atoms with Crippen molar-refractivity contribution >= 4 is 29.2 Å². The Morgan fingerprint density at radius 2 is 1.75 bits per heavy atom. The number of nitrogens with zero attached hydrogens (tertiary/aromatic N) is 1. The molecular weight excluding hydrogens is 410 g/mol. The van der Waals surface area contributed by atoms with Crippen LogP contribution in [0.1, 0.15) is 51.9 Å². The Kier molecular flexibility index (Phi) is 6.74. The summed E-state index contributed by atoms with van der Waals surface area (Å²) < 4.78 is 5.59. The van der Waals surface area contributed by atoms with E-state index in [1.807, 2.05) is 27.7 Å². The van der Waals surface area contributed by atoms with Gasteiger partial charge in [0.15, 0.2) is 5.78 Å². The number of carbonyl (C=O) groups excluding carboxylic acids is 4. The molecule has 2 aliphatic heterocycles. The molecule has 0 aliphatic carbocycles. The lowest BCUT2D eigenvalue weighted by Gasteiger charge is -2.35. The molecule has 1 aromatic carbocycles. The van der Waals surface area contributed by atoms with Gasteiger partial charge in [-0.25, -0.2) is 0 Å². The van der Waals surface area contributed by atoms with Crippen molar-refractivity contribution in [2.45, 2.75) is 59.7 Å². The largest absolute Gasteiger partial charge is 0.367 e. The molecular formula is C24H33N3O5. The van der Waals surface area contributed by atoms with Gasteiger partial charge in [0.05, 0.1) is 6.10 Å². The molecule has 4 atom stereocenters. The molecule has 3 rings (SSSR count). The summed E-state index contributed by atoms with van der Waals surface area (Å²) in [6.07, 6.45) is -0.281. The van der Waals surface area contributed by atoms with Gasteiger partial charge in [-0.1, -0.05) is 41.5 Å². The van der Waals surface area contributed by atoms with Crippen LogP contribution in [0.3, 0.4) is 0 Å². The highest BCUT2D eigenvalue weighted by Crippen LogP contribution is 2.33. The standard InChI is InChI=1S/C24H33N3O5/c1-13(2)21(29)25-16-9-7-15(8-10-16)22(30)26-20(24(4,5)6)23(31)27-11-14(3)19-18(27)17(28)12-32-19/h7-10,13-14,18-20H,11-12H2,1-6H3,(H,25,29)(H,26,30)/t14-,18+,19+,20?/m0/s1. The Hall–Kier alpha value is -2.74. The first-order valence-corrected chi connectivity index (χ1v) is 11.1. The van der Waals surface area contributed by atoms with E-state index in [0.29, 0.717) is 17.8 Å². The van der Waals surface area contributed by atoms with Gasteiger partial charge in [-0.3, -0.25) is 19.2 Å². The molecule has 3 amide bonds. The van der Waals surface area contributed by atoms with Crippen molar-refractivity contribution in [2.24, 2.45) is 17.3 Å². The number of amides is 3. The van der Waals surface area contributed by atoms with Crippen LogP contribution in [-0.2, 0) is 19.1 Å². The lowest BCUT2D eigenvalue weighted by molar-refractivity contribution is -0.140. The molecule has 1 unspecified atom stereocenters. The minimum absolute atomic E-state index is 0.0235. The first-order chi connectivity index (χ1) is 14.9. The summed E-state index contributed by atoms with van der Waals surface area (Å²) in [6.45, 7) is 11.7. The Labute approximate surface area is 189 Å². The van der Waals surface area contributed by atoms with Crippen LogP contribution in [0, 0.1) is 17.3 Å². The van der Waals surface area contributed by atoms with E-state index in [1.165, 1.54) is 0 Å². The van der Waals surface area contributed by atoms with Gasteiger partial charge in [-0.05, 0) is 29.7 Å². The zero-order valence-corrected chi connectivity index (χ0v) is 19.6. The van der Waals surface area contributed by atoms with Crippen molar-refractivity contribution in [2.75, 3.05) is 18.5 Å². The van der Waals surface area contributed by atoms with Gasteiger partial charge in [0.25, 0.3) is 5.91 Å². The number of fused-ring (bicyclic) bond motifs is 1. The number of ether oxygens (including phenoxy) is 1. The van der Waals surface area contributed by atoms with E-state index in [9.17, 15) is 19.2 Å².